The molecule has 0 bridgehead atoms. The number of halogens is 1. The van der Waals surface area contributed by atoms with Crippen LogP contribution in [0.2, 0.25) is 0 Å². The van der Waals surface area contributed by atoms with Crippen LogP contribution < -0.4 is 5.73 Å². The molecule has 0 aliphatic heterocycles. The normalized spacial score (nSPS) is 10.6. The van der Waals surface area contributed by atoms with E-state index in [2.05, 4.69) is 21.1 Å². The molecule has 0 aliphatic rings. The summed E-state index contributed by atoms with van der Waals surface area (Å²) in [6.45, 7) is 0. The fourth-order valence-electron chi connectivity index (χ4n) is 0.720. The van der Waals surface area contributed by atoms with Crippen LogP contribution in [0.1, 0.15) is 5.56 Å². The molecule has 0 spiro atoms. The Hall–Kier alpha value is -1.03. The molecule has 3 N–H and O–H groups in total. The van der Waals surface area contributed by atoms with E-state index in [0.717, 1.165) is 4.47 Å². The highest BCUT2D eigenvalue weighted by atomic mass is 79.9. The maximum absolute atomic E-state index is 8.23. The van der Waals surface area contributed by atoms with Gasteiger partial charge in [-0.15, -0.1) is 0 Å². The van der Waals surface area contributed by atoms with Gasteiger partial charge in [-0.25, -0.2) is 0 Å². The van der Waals surface area contributed by atoms with Crippen LogP contribution in [0.3, 0.4) is 0 Å². The van der Waals surface area contributed by atoms with Gasteiger partial charge in [-0.05, 0) is 18.2 Å². The van der Waals surface area contributed by atoms with Crippen LogP contribution in [0.4, 0.5) is 5.69 Å². The molecule has 1 rings (SSSR count). The summed E-state index contributed by atoms with van der Waals surface area (Å²) in [7, 11) is 0. The van der Waals surface area contributed by atoms with Crippen molar-refractivity contribution >= 4 is 27.8 Å². The second-order valence-corrected chi connectivity index (χ2v) is 2.93. The summed E-state index contributed by atoms with van der Waals surface area (Å²) < 4.78 is 0.904. The third kappa shape index (κ3) is 1.94. The molecular weight excluding hydrogens is 208 g/mol. The number of hydrogen-bond donors (Lipinski definition) is 2. The van der Waals surface area contributed by atoms with E-state index in [1.165, 1.54) is 6.21 Å². The van der Waals surface area contributed by atoms with Gasteiger partial charge in [0.25, 0.3) is 0 Å². The Morgan fingerprint density at radius 1 is 1.55 bits per heavy atom. The summed E-state index contributed by atoms with van der Waals surface area (Å²) in [4.78, 5) is 0. The smallest absolute Gasteiger partial charge is 0.0754 e. The van der Waals surface area contributed by atoms with Gasteiger partial charge in [0.1, 0.15) is 0 Å². The summed E-state index contributed by atoms with van der Waals surface area (Å²) in [5.74, 6) is 0. The van der Waals surface area contributed by atoms with Gasteiger partial charge in [-0.1, -0.05) is 21.1 Å². The van der Waals surface area contributed by atoms with Crippen molar-refractivity contribution in [3.05, 3.63) is 28.2 Å². The molecule has 0 saturated heterocycles. The van der Waals surface area contributed by atoms with Gasteiger partial charge < -0.3 is 10.9 Å². The molecular formula is C7H7BrN2O. The topological polar surface area (TPSA) is 58.6 Å². The van der Waals surface area contributed by atoms with Gasteiger partial charge >= 0.3 is 0 Å². The predicted molar refractivity (Wildman–Crippen MR) is 47.9 cm³/mol. The first-order chi connectivity index (χ1) is 5.24. The minimum atomic E-state index is 0.589. The van der Waals surface area contributed by atoms with Gasteiger partial charge in [-0.3, -0.25) is 0 Å². The lowest BCUT2D eigenvalue weighted by atomic mass is 10.2. The van der Waals surface area contributed by atoms with Gasteiger partial charge in [0.2, 0.25) is 0 Å². The number of rotatable bonds is 1. The third-order valence-electron chi connectivity index (χ3n) is 1.25. The standard InChI is InChI=1S/C7H7BrN2O/c8-6-1-2-7(9)5(3-6)4-10-11/h1-4,11H,9H2. The zero-order valence-corrected chi connectivity index (χ0v) is 7.25. The first kappa shape index (κ1) is 8.07. The van der Waals surface area contributed by atoms with Crippen molar-refractivity contribution in [3.8, 4) is 0 Å². The largest absolute Gasteiger partial charge is 0.411 e. The van der Waals surface area contributed by atoms with E-state index in [4.69, 9.17) is 10.9 Å². The van der Waals surface area contributed by atoms with Crippen LogP contribution in [-0.2, 0) is 0 Å². The Labute approximate surface area is 72.6 Å². The average Bonchev–Trinajstić information content (AvgIpc) is 1.98. The Balaban J connectivity index is 3.12. The fraction of sp³-hybridized carbons (Fsp3) is 0. The fourth-order valence-corrected chi connectivity index (χ4v) is 1.10. The van der Waals surface area contributed by atoms with Crippen LogP contribution >= 0.6 is 15.9 Å². The number of nitrogens with two attached hydrogens (primary N) is 1. The van der Waals surface area contributed by atoms with Crippen molar-refractivity contribution in [2.24, 2.45) is 5.16 Å². The molecule has 3 nitrogen and oxygen atoms in total. The molecule has 4 heteroatoms. The number of nitrogens with zero attached hydrogens (tertiary/aromatic N) is 1. The second kappa shape index (κ2) is 3.39. The summed E-state index contributed by atoms with van der Waals surface area (Å²) >= 11 is 3.27. The third-order valence-corrected chi connectivity index (χ3v) is 1.74. The first-order valence-electron chi connectivity index (χ1n) is 2.96. The van der Waals surface area contributed by atoms with E-state index < -0.39 is 0 Å². The molecule has 0 radical (unpaired) electrons. The Morgan fingerprint density at radius 2 is 2.27 bits per heavy atom. The summed E-state index contributed by atoms with van der Waals surface area (Å²) in [6.07, 6.45) is 1.29. The first-order valence-corrected chi connectivity index (χ1v) is 3.76. The SMILES string of the molecule is Nc1ccc(Br)cc1C=NO. The summed E-state index contributed by atoms with van der Waals surface area (Å²) in [5, 5.41) is 11.1. The average molecular weight is 215 g/mol. The summed E-state index contributed by atoms with van der Waals surface area (Å²) in [5.41, 5.74) is 6.84. The van der Waals surface area contributed by atoms with E-state index in [1.54, 1.807) is 12.1 Å². The Morgan fingerprint density at radius 3 is 2.91 bits per heavy atom. The highest BCUT2D eigenvalue weighted by Crippen LogP contribution is 2.16. The van der Waals surface area contributed by atoms with Gasteiger partial charge in [0.15, 0.2) is 0 Å². The van der Waals surface area contributed by atoms with Gasteiger partial charge in [0, 0.05) is 15.7 Å². The highest BCUT2D eigenvalue weighted by molar-refractivity contribution is 9.10. The maximum atomic E-state index is 8.23. The van der Waals surface area contributed by atoms with E-state index in [1.807, 2.05) is 6.07 Å². The summed E-state index contributed by atoms with van der Waals surface area (Å²) in [6, 6.07) is 5.33. The van der Waals surface area contributed by atoms with E-state index in [-0.39, 0.29) is 0 Å². The molecule has 0 atom stereocenters. The number of benzene rings is 1. The Kier molecular flexibility index (Phi) is 2.48. The molecule has 0 aliphatic carbocycles. The van der Waals surface area contributed by atoms with Crippen molar-refractivity contribution < 1.29 is 5.21 Å². The molecule has 0 aromatic heterocycles. The van der Waals surface area contributed by atoms with Crippen LogP contribution in [0.25, 0.3) is 0 Å². The molecule has 11 heavy (non-hydrogen) atoms. The molecule has 0 fully saturated rings. The second-order valence-electron chi connectivity index (χ2n) is 2.02. The highest BCUT2D eigenvalue weighted by Gasteiger charge is 1.95. The van der Waals surface area contributed by atoms with Crippen molar-refractivity contribution in [1.29, 1.82) is 0 Å². The number of anilines is 1. The van der Waals surface area contributed by atoms with Gasteiger partial charge in [0.05, 0.1) is 6.21 Å². The molecule has 0 unspecified atom stereocenters. The van der Waals surface area contributed by atoms with Crippen molar-refractivity contribution in [2.75, 3.05) is 5.73 Å². The zero-order chi connectivity index (χ0) is 8.27. The maximum Gasteiger partial charge on any atom is 0.0754 e. The quantitative estimate of drug-likeness (QED) is 0.325. The monoisotopic (exact) mass is 214 g/mol. The van der Waals surface area contributed by atoms with Crippen molar-refractivity contribution in [3.63, 3.8) is 0 Å². The zero-order valence-electron chi connectivity index (χ0n) is 5.66. The van der Waals surface area contributed by atoms with Crippen LogP contribution in [0.5, 0.6) is 0 Å². The number of hydrogen-bond acceptors (Lipinski definition) is 3. The molecule has 0 amide bonds. The lowest BCUT2D eigenvalue weighted by molar-refractivity contribution is 0.322. The minimum Gasteiger partial charge on any atom is -0.411 e. The van der Waals surface area contributed by atoms with Crippen molar-refractivity contribution in [2.45, 2.75) is 0 Å². The van der Waals surface area contributed by atoms with Crippen LogP contribution in [0.15, 0.2) is 27.8 Å². The number of oxime groups is 1. The van der Waals surface area contributed by atoms with E-state index >= 15 is 0 Å². The van der Waals surface area contributed by atoms with Crippen LogP contribution in [0, 0.1) is 0 Å². The van der Waals surface area contributed by atoms with Crippen LogP contribution in [-0.4, -0.2) is 11.4 Å². The predicted octanol–water partition coefficient (Wildman–Crippen LogP) is 1.84. The van der Waals surface area contributed by atoms with Gasteiger partial charge in [-0.2, -0.15) is 0 Å². The molecule has 0 saturated carbocycles. The molecule has 1 aromatic rings. The Bertz CT molecular complexity index is 286. The van der Waals surface area contributed by atoms with E-state index in [0.29, 0.717) is 11.3 Å². The minimum absolute atomic E-state index is 0.589. The molecule has 0 heterocycles. The lowest BCUT2D eigenvalue weighted by Crippen LogP contribution is -1.92. The molecule has 1 aromatic carbocycles. The molecule has 58 valence electrons. The number of nitrogen functional groups attached to an aromatic ring is 1. The lowest BCUT2D eigenvalue weighted by Gasteiger charge is -1.98. The van der Waals surface area contributed by atoms with Crippen molar-refractivity contribution in [1.82, 2.24) is 0 Å². The van der Waals surface area contributed by atoms with E-state index in [9.17, 15) is 0 Å².